The zero-order valence-electron chi connectivity index (χ0n) is 13.4. The topological polar surface area (TPSA) is 64.3 Å². The molecule has 1 aromatic carbocycles. The Balaban J connectivity index is 0.00000242. The Morgan fingerprint density at radius 2 is 2.14 bits per heavy atom. The number of nitrogens with one attached hydrogen (secondary N) is 1. The maximum absolute atomic E-state index is 12.4. The molecular formula is C17H27ClN2O2. The van der Waals surface area contributed by atoms with Crippen LogP contribution in [0.5, 0.6) is 5.75 Å². The van der Waals surface area contributed by atoms with E-state index in [2.05, 4.69) is 5.32 Å². The van der Waals surface area contributed by atoms with Crippen molar-refractivity contribution in [2.75, 3.05) is 6.61 Å². The van der Waals surface area contributed by atoms with Gasteiger partial charge < -0.3 is 15.8 Å². The van der Waals surface area contributed by atoms with E-state index in [1.165, 1.54) is 0 Å². The summed E-state index contributed by atoms with van der Waals surface area (Å²) in [7, 11) is 0. The second-order valence-electron chi connectivity index (χ2n) is 6.06. The lowest BCUT2D eigenvalue weighted by Gasteiger charge is -2.37. The highest BCUT2D eigenvalue weighted by atomic mass is 35.5. The monoisotopic (exact) mass is 326 g/mol. The van der Waals surface area contributed by atoms with Gasteiger partial charge in [-0.2, -0.15) is 0 Å². The summed E-state index contributed by atoms with van der Waals surface area (Å²) in [5, 5.41) is 3.02. The molecule has 1 aromatic rings. The molecule has 0 aromatic heterocycles. The standard InChI is InChI=1S/C17H26N2O2.ClH/c1-3-21-15-10-5-4-8-13(15)12-19-16(20)14-9-6-7-11-17(14,2)18;/h4-5,8,10,14H,3,6-7,9,11-12,18H2,1-2H3,(H,19,20);1H. The maximum Gasteiger partial charge on any atom is 0.225 e. The summed E-state index contributed by atoms with van der Waals surface area (Å²) in [4.78, 5) is 12.4. The smallest absolute Gasteiger partial charge is 0.225 e. The largest absolute Gasteiger partial charge is 0.494 e. The number of nitrogens with two attached hydrogens (primary N) is 1. The van der Waals surface area contributed by atoms with Gasteiger partial charge in [0.05, 0.1) is 12.5 Å². The molecule has 0 bridgehead atoms. The van der Waals surface area contributed by atoms with E-state index in [4.69, 9.17) is 10.5 Å². The zero-order chi connectivity index (χ0) is 15.3. The van der Waals surface area contributed by atoms with Gasteiger partial charge in [-0.05, 0) is 32.8 Å². The van der Waals surface area contributed by atoms with Gasteiger partial charge in [-0.25, -0.2) is 0 Å². The zero-order valence-corrected chi connectivity index (χ0v) is 14.2. The van der Waals surface area contributed by atoms with Crippen LogP contribution in [-0.4, -0.2) is 18.1 Å². The van der Waals surface area contributed by atoms with E-state index in [0.29, 0.717) is 13.2 Å². The van der Waals surface area contributed by atoms with Crippen LogP contribution in [0.4, 0.5) is 0 Å². The highest BCUT2D eigenvalue weighted by molar-refractivity contribution is 5.85. The highest BCUT2D eigenvalue weighted by Gasteiger charge is 2.37. The number of para-hydroxylation sites is 1. The molecule has 0 radical (unpaired) electrons. The number of halogens is 1. The van der Waals surface area contributed by atoms with Crippen molar-refractivity contribution in [1.82, 2.24) is 5.32 Å². The van der Waals surface area contributed by atoms with Gasteiger partial charge in [0, 0.05) is 17.6 Å². The second-order valence-corrected chi connectivity index (χ2v) is 6.06. The van der Waals surface area contributed by atoms with Crippen molar-refractivity contribution in [1.29, 1.82) is 0 Å². The molecule has 1 fully saturated rings. The SMILES string of the molecule is CCOc1ccccc1CNC(=O)C1CCCCC1(C)N.Cl. The van der Waals surface area contributed by atoms with Crippen LogP contribution in [0.2, 0.25) is 0 Å². The Hall–Kier alpha value is -1.26. The summed E-state index contributed by atoms with van der Waals surface area (Å²) >= 11 is 0. The minimum Gasteiger partial charge on any atom is -0.494 e. The molecule has 5 heteroatoms. The van der Waals surface area contributed by atoms with E-state index in [0.717, 1.165) is 37.0 Å². The van der Waals surface area contributed by atoms with Gasteiger partial charge in [-0.15, -0.1) is 12.4 Å². The minimum absolute atomic E-state index is 0. The van der Waals surface area contributed by atoms with Gasteiger partial charge >= 0.3 is 0 Å². The average Bonchev–Trinajstić information content (AvgIpc) is 2.46. The van der Waals surface area contributed by atoms with Crippen LogP contribution in [0.15, 0.2) is 24.3 Å². The number of benzene rings is 1. The normalized spacial score (nSPS) is 24.2. The average molecular weight is 327 g/mol. The van der Waals surface area contributed by atoms with E-state index in [1.807, 2.05) is 38.1 Å². The summed E-state index contributed by atoms with van der Waals surface area (Å²) in [6.45, 7) is 5.05. The third-order valence-electron chi connectivity index (χ3n) is 4.30. The molecule has 2 rings (SSSR count). The van der Waals surface area contributed by atoms with Crippen molar-refractivity contribution >= 4 is 18.3 Å². The lowest BCUT2D eigenvalue weighted by molar-refractivity contribution is -0.128. The molecule has 0 saturated heterocycles. The molecule has 3 N–H and O–H groups in total. The Kier molecular flexibility index (Phi) is 7.17. The molecule has 0 aliphatic heterocycles. The summed E-state index contributed by atoms with van der Waals surface area (Å²) in [6, 6.07) is 7.80. The van der Waals surface area contributed by atoms with Gasteiger partial charge in [0.1, 0.15) is 5.75 Å². The molecule has 22 heavy (non-hydrogen) atoms. The second kappa shape index (κ2) is 8.39. The first-order valence-corrected chi connectivity index (χ1v) is 7.82. The van der Waals surface area contributed by atoms with Gasteiger partial charge in [0.2, 0.25) is 5.91 Å². The van der Waals surface area contributed by atoms with Crippen LogP contribution in [-0.2, 0) is 11.3 Å². The van der Waals surface area contributed by atoms with Crippen LogP contribution in [0.1, 0.15) is 45.1 Å². The van der Waals surface area contributed by atoms with Gasteiger partial charge in [0.15, 0.2) is 0 Å². The number of hydrogen-bond donors (Lipinski definition) is 2. The van der Waals surface area contributed by atoms with E-state index >= 15 is 0 Å². The molecule has 1 saturated carbocycles. The van der Waals surface area contributed by atoms with Crippen molar-refractivity contribution < 1.29 is 9.53 Å². The highest BCUT2D eigenvalue weighted by Crippen LogP contribution is 2.31. The molecule has 0 spiro atoms. The van der Waals surface area contributed by atoms with Crippen LogP contribution in [0, 0.1) is 5.92 Å². The predicted molar refractivity (Wildman–Crippen MR) is 91.3 cm³/mol. The summed E-state index contributed by atoms with van der Waals surface area (Å²) in [5.74, 6) is 0.802. The Bertz CT molecular complexity index is 491. The van der Waals surface area contributed by atoms with Crippen LogP contribution >= 0.6 is 12.4 Å². The lowest BCUT2D eigenvalue weighted by atomic mass is 9.74. The minimum atomic E-state index is -0.387. The number of amides is 1. The first-order chi connectivity index (χ1) is 10.0. The van der Waals surface area contributed by atoms with E-state index in [-0.39, 0.29) is 29.8 Å². The fourth-order valence-electron chi connectivity index (χ4n) is 3.04. The maximum atomic E-state index is 12.4. The number of rotatable bonds is 5. The molecule has 4 nitrogen and oxygen atoms in total. The van der Waals surface area contributed by atoms with Gasteiger partial charge in [-0.1, -0.05) is 31.0 Å². The van der Waals surface area contributed by atoms with Gasteiger partial charge in [0.25, 0.3) is 0 Å². The van der Waals surface area contributed by atoms with E-state index < -0.39 is 0 Å². The van der Waals surface area contributed by atoms with Gasteiger partial charge in [-0.3, -0.25) is 4.79 Å². The Labute approximate surface area is 139 Å². The predicted octanol–water partition coefficient (Wildman–Crippen LogP) is 3.03. The van der Waals surface area contributed by atoms with Crippen molar-refractivity contribution in [2.24, 2.45) is 11.7 Å². The molecule has 1 aliphatic rings. The summed E-state index contributed by atoms with van der Waals surface area (Å²) in [5.41, 5.74) is 6.90. The number of hydrogen-bond acceptors (Lipinski definition) is 3. The Morgan fingerprint density at radius 1 is 1.41 bits per heavy atom. The molecular weight excluding hydrogens is 300 g/mol. The molecule has 0 heterocycles. The van der Waals surface area contributed by atoms with Crippen molar-refractivity contribution in [3.63, 3.8) is 0 Å². The fraction of sp³-hybridized carbons (Fsp3) is 0.588. The molecule has 1 aliphatic carbocycles. The van der Waals surface area contributed by atoms with Crippen LogP contribution in [0.3, 0.4) is 0 Å². The first-order valence-electron chi connectivity index (χ1n) is 7.82. The summed E-state index contributed by atoms with van der Waals surface area (Å²) < 4.78 is 5.58. The fourth-order valence-corrected chi connectivity index (χ4v) is 3.04. The quantitative estimate of drug-likeness (QED) is 0.874. The van der Waals surface area contributed by atoms with Crippen LogP contribution in [0.25, 0.3) is 0 Å². The van der Waals surface area contributed by atoms with E-state index in [1.54, 1.807) is 0 Å². The Morgan fingerprint density at radius 3 is 2.82 bits per heavy atom. The van der Waals surface area contributed by atoms with Crippen molar-refractivity contribution in [3.8, 4) is 5.75 Å². The van der Waals surface area contributed by atoms with Crippen molar-refractivity contribution in [3.05, 3.63) is 29.8 Å². The molecule has 2 atom stereocenters. The number of carbonyl (C=O) groups is 1. The lowest BCUT2D eigenvalue weighted by Crippen LogP contribution is -2.52. The van der Waals surface area contributed by atoms with Crippen molar-refractivity contribution in [2.45, 2.75) is 51.6 Å². The molecule has 124 valence electrons. The third-order valence-corrected chi connectivity index (χ3v) is 4.30. The molecule has 2 unspecified atom stereocenters. The molecule has 1 amide bonds. The first kappa shape index (κ1) is 18.8. The number of ether oxygens (including phenoxy) is 1. The van der Waals surface area contributed by atoms with E-state index in [9.17, 15) is 4.79 Å². The number of carbonyl (C=O) groups excluding carboxylic acids is 1. The third kappa shape index (κ3) is 4.62. The van der Waals surface area contributed by atoms with Crippen LogP contribution < -0.4 is 15.8 Å². The summed E-state index contributed by atoms with van der Waals surface area (Å²) in [6.07, 6.45) is 4.00.